The van der Waals surface area contributed by atoms with Crippen molar-refractivity contribution in [3.05, 3.63) is 29.8 Å². The molecule has 4 nitrogen and oxygen atoms in total. The Morgan fingerprint density at radius 3 is 2.35 bits per heavy atom. The molecule has 0 aromatic heterocycles. The van der Waals surface area contributed by atoms with Gasteiger partial charge in [0.25, 0.3) is 0 Å². The van der Waals surface area contributed by atoms with Gasteiger partial charge in [0.1, 0.15) is 9.84 Å². The van der Waals surface area contributed by atoms with Crippen molar-refractivity contribution < 1.29 is 8.42 Å². The van der Waals surface area contributed by atoms with E-state index in [4.69, 9.17) is 12.2 Å². The molecule has 20 heavy (non-hydrogen) atoms. The number of anilines is 1. The maximum atomic E-state index is 11.1. The molecule has 2 N–H and O–H groups in total. The van der Waals surface area contributed by atoms with Crippen molar-refractivity contribution in [1.82, 2.24) is 5.32 Å². The first-order valence-electron chi connectivity index (χ1n) is 6.08. The fourth-order valence-corrected chi connectivity index (χ4v) is 2.59. The van der Waals surface area contributed by atoms with Crippen LogP contribution >= 0.6 is 25.7 Å². The lowest BCUT2D eigenvalue weighted by molar-refractivity contribution is 0.585. The van der Waals surface area contributed by atoms with E-state index in [9.17, 15) is 8.42 Å². The first kappa shape index (κ1) is 19.2. The highest BCUT2D eigenvalue weighted by molar-refractivity contribution is 7.90. The molecule has 0 aliphatic carbocycles. The van der Waals surface area contributed by atoms with Gasteiger partial charge in [-0.05, 0) is 44.6 Å². The van der Waals surface area contributed by atoms with Gasteiger partial charge in [0.05, 0.1) is 5.75 Å². The molecule has 0 fully saturated rings. The van der Waals surface area contributed by atoms with Crippen molar-refractivity contribution in [1.29, 1.82) is 0 Å². The first-order valence-corrected chi connectivity index (χ1v) is 8.55. The fourth-order valence-electron chi connectivity index (χ4n) is 1.49. The molecule has 1 aromatic carbocycles. The predicted molar refractivity (Wildman–Crippen MR) is 94.7 cm³/mol. The second kappa shape index (κ2) is 8.49. The molecule has 0 bridgehead atoms. The topological polar surface area (TPSA) is 58.2 Å². The highest BCUT2D eigenvalue weighted by Crippen LogP contribution is 2.08. The van der Waals surface area contributed by atoms with Gasteiger partial charge in [-0.1, -0.05) is 17.7 Å². The number of thiocarbonyl (C=S) groups is 1. The van der Waals surface area contributed by atoms with Crippen molar-refractivity contribution in [3.63, 3.8) is 0 Å². The number of hydrogen-bond donors (Lipinski definition) is 2. The first-order chi connectivity index (χ1) is 8.76. The Hall–Kier alpha value is -0.790. The van der Waals surface area contributed by atoms with Gasteiger partial charge in [-0.15, -0.1) is 0 Å². The monoisotopic (exact) mass is 334 g/mol. The van der Waals surface area contributed by atoms with Gasteiger partial charge in [-0.25, -0.2) is 8.42 Å². The standard InChI is InChI=1S/C13H20N2O2S2.H2S/c1-10-4-6-12(7-5-10)15-13(18)14-11(2)8-9-19(3,16)17;/h4-7,11H,8-9H2,1-3H3,(H2,14,15,18);1H2/t11-;/m0./s1. The van der Waals surface area contributed by atoms with E-state index in [2.05, 4.69) is 10.6 Å². The quantitative estimate of drug-likeness (QED) is 0.809. The smallest absolute Gasteiger partial charge is 0.170 e. The van der Waals surface area contributed by atoms with E-state index in [0.29, 0.717) is 11.5 Å². The molecule has 1 rings (SSSR count). The van der Waals surface area contributed by atoms with Crippen LogP contribution in [-0.4, -0.2) is 31.6 Å². The summed E-state index contributed by atoms with van der Waals surface area (Å²) in [4.78, 5) is 0. The van der Waals surface area contributed by atoms with Crippen LogP contribution in [0.2, 0.25) is 0 Å². The molecular formula is C13H22N2O2S3. The lowest BCUT2D eigenvalue weighted by Gasteiger charge is -2.16. The largest absolute Gasteiger partial charge is 0.360 e. The Labute approximate surface area is 133 Å². The third-order valence-electron chi connectivity index (χ3n) is 2.61. The third kappa shape index (κ3) is 8.39. The molecule has 0 amide bonds. The van der Waals surface area contributed by atoms with Crippen molar-refractivity contribution in [3.8, 4) is 0 Å². The van der Waals surface area contributed by atoms with E-state index in [1.165, 1.54) is 11.8 Å². The fraction of sp³-hybridized carbons (Fsp3) is 0.462. The van der Waals surface area contributed by atoms with Crippen LogP contribution < -0.4 is 10.6 Å². The second-order valence-electron chi connectivity index (χ2n) is 4.78. The van der Waals surface area contributed by atoms with Crippen molar-refractivity contribution >= 4 is 46.4 Å². The van der Waals surface area contributed by atoms with Gasteiger partial charge >= 0.3 is 0 Å². The van der Waals surface area contributed by atoms with Crippen molar-refractivity contribution in [2.24, 2.45) is 0 Å². The van der Waals surface area contributed by atoms with Crippen molar-refractivity contribution in [2.75, 3.05) is 17.3 Å². The Morgan fingerprint density at radius 2 is 1.85 bits per heavy atom. The molecule has 0 heterocycles. The van der Waals surface area contributed by atoms with Crippen LogP contribution in [0.15, 0.2) is 24.3 Å². The molecule has 1 atom stereocenters. The highest BCUT2D eigenvalue weighted by atomic mass is 32.2. The van der Waals surface area contributed by atoms with E-state index in [1.54, 1.807) is 0 Å². The van der Waals surface area contributed by atoms with Gasteiger partial charge in [-0.3, -0.25) is 0 Å². The Kier molecular flexibility index (Phi) is 8.15. The summed E-state index contributed by atoms with van der Waals surface area (Å²) in [5, 5.41) is 6.64. The van der Waals surface area contributed by atoms with Gasteiger partial charge in [0.2, 0.25) is 0 Å². The summed E-state index contributed by atoms with van der Waals surface area (Å²) in [6, 6.07) is 7.91. The number of nitrogens with one attached hydrogen (secondary N) is 2. The summed E-state index contributed by atoms with van der Waals surface area (Å²) in [6.07, 6.45) is 1.77. The zero-order valence-electron chi connectivity index (χ0n) is 11.9. The number of rotatable bonds is 5. The van der Waals surface area contributed by atoms with E-state index in [0.717, 1.165) is 5.69 Å². The number of aryl methyl sites for hydroxylation is 1. The lowest BCUT2D eigenvalue weighted by atomic mass is 10.2. The third-order valence-corrected chi connectivity index (χ3v) is 3.81. The zero-order valence-corrected chi connectivity index (χ0v) is 14.6. The molecule has 7 heteroatoms. The van der Waals surface area contributed by atoms with Gasteiger partial charge in [0.15, 0.2) is 5.11 Å². The van der Waals surface area contributed by atoms with Crippen LogP contribution in [0.3, 0.4) is 0 Å². The lowest BCUT2D eigenvalue weighted by Crippen LogP contribution is -2.36. The normalized spacial score (nSPS) is 12.2. The molecule has 114 valence electrons. The van der Waals surface area contributed by atoms with Crippen molar-refractivity contribution in [2.45, 2.75) is 26.3 Å². The van der Waals surface area contributed by atoms with Crippen LogP contribution in [-0.2, 0) is 9.84 Å². The van der Waals surface area contributed by atoms with E-state index < -0.39 is 9.84 Å². The average Bonchev–Trinajstić information content (AvgIpc) is 2.29. The SMILES string of the molecule is Cc1ccc(NC(=S)N[C@@H](C)CCS(C)(=O)=O)cc1.S. The number of sulfone groups is 1. The number of hydrogen-bond acceptors (Lipinski definition) is 3. The second-order valence-corrected chi connectivity index (χ2v) is 7.45. The molecule has 0 unspecified atom stereocenters. The van der Waals surface area contributed by atoms with E-state index in [-0.39, 0.29) is 25.3 Å². The molecule has 0 saturated heterocycles. The minimum absolute atomic E-state index is 0. The van der Waals surface area contributed by atoms with Crippen LogP contribution in [0.25, 0.3) is 0 Å². The van der Waals surface area contributed by atoms with Crippen LogP contribution in [0.1, 0.15) is 18.9 Å². The molecule has 1 aromatic rings. The Morgan fingerprint density at radius 1 is 1.30 bits per heavy atom. The van der Waals surface area contributed by atoms with Gasteiger partial charge in [0, 0.05) is 18.0 Å². The summed E-state index contributed by atoms with van der Waals surface area (Å²) in [7, 11) is -2.92. The van der Waals surface area contributed by atoms with E-state index in [1.807, 2.05) is 38.1 Å². The summed E-state index contributed by atoms with van der Waals surface area (Å²) < 4.78 is 22.1. The predicted octanol–water partition coefficient (Wildman–Crippen LogP) is 2.22. The molecular weight excluding hydrogens is 312 g/mol. The summed E-state index contributed by atoms with van der Waals surface area (Å²) in [6.45, 7) is 3.93. The van der Waals surface area contributed by atoms with Gasteiger partial charge in [-0.2, -0.15) is 13.5 Å². The van der Waals surface area contributed by atoms with Crippen LogP contribution in [0.5, 0.6) is 0 Å². The molecule has 0 aliphatic heterocycles. The van der Waals surface area contributed by atoms with Crippen LogP contribution in [0.4, 0.5) is 5.69 Å². The summed E-state index contributed by atoms with van der Waals surface area (Å²) >= 11 is 5.18. The summed E-state index contributed by atoms with van der Waals surface area (Å²) in [5.74, 6) is 0.161. The maximum absolute atomic E-state index is 11.1. The zero-order chi connectivity index (χ0) is 14.5. The summed E-state index contributed by atoms with van der Waals surface area (Å²) in [5.41, 5.74) is 2.10. The molecule has 0 saturated carbocycles. The minimum atomic E-state index is -2.92. The Balaban J connectivity index is 0.00000361. The van der Waals surface area contributed by atoms with Crippen LogP contribution in [0, 0.1) is 6.92 Å². The highest BCUT2D eigenvalue weighted by Gasteiger charge is 2.08. The maximum Gasteiger partial charge on any atom is 0.170 e. The molecule has 0 aliphatic rings. The minimum Gasteiger partial charge on any atom is -0.360 e. The molecule has 0 radical (unpaired) electrons. The number of benzene rings is 1. The van der Waals surface area contributed by atoms with Gasteiger partial charge < -0.3 is 10.6 Å². The molecule has 0 spiro atoms. The van der Waals surface area contributed by atoms with E-state index >= 15 is 0 Å². The Bertz CT molecular complexity index is 527. The average molecular weight is 335 g/mol.